The van der Waals surface area contributed by atoms with Crippen LogP contribution in [0, 0.1) is 0 Å². The predicted molar refractivity (Wildman–Crippen MR) is 57.5 cm³/mol. The Kier molecular flexibility index (Phi) is 2.11. The molecule has 0 atom stereocenters. The van der Waals surface area contributed by atoms with E-state index in [1.165, 1.54) is 0 Å². The van der Waals surface area contributed by atoms with Gasteiger partial charge in [-0.2, -0.15) is 0 Å². The highest BCUT2D eigenvalue weighted by atomic mass is 16.7. The summed E-state index contributed by atoms with van der Waals surface area (Å²) < 4.78 is 10.4. The van der Waals surface area contributed by atoms with Gasteiger partial charge in [0, 0.05) is 17.0 Å². The van der Waals surface area contributed by atoms with Crippen LogP contribution in [0.25, 0.3) is 0 Å². The maximum Gasteiger partial charge on any atom is 0.231 e. The van der Waals surface area contributed by atoms with Gasteiger partial charge in [0.05, 0.1) is 0 Å². The summed E-state index contributed by atoms with van der Waals surface area (Å²) in [6.07, 6.45) is 1.80. The van der Waals surface area contributed by atoms with Crippen molar-refractivity contribution in [1.82, 2.24) is 0 Å². The summed E-state index contributed by atoms with van der Waals surface area (Å²) in [5.74, 6) is 1.48. The van der Waals surface area contributed by atoms with E-state index in [1.807, 2.05) is 13.8 Å². The third-order valence-electron chi connectivity index (χ3n) is 2.70. The molecular formula is C12H14O3. The minimum absolute atomic E-state index is 0.212. The van der Waals surface area contributed by atoms with Gasteiger partial charge in [-0.25, -0.2) is 0 Å². The molecule has 3 nitrogen and oxygen atoms in total. The molecule has 0 aliphatic carbocycles. The van der Waals surface area contributed by atoms with E-state index in [4.69, 9.17) is 9.47 Å². The summed E-state index contributed by atoms with van der Waals surface area (Å²) >= 11 is 0. The Balaban J connectivity index is 2.54. The number of phenols is 1. The molecule has 0 amide bonds. The Labute approximate surface area is 88.9 Å². The Morgan fingerprint density at radius 3 is 2.53 bits per heavy atom. The first kappa shape index (κ1) is 9.90. The van der Waals surface area contributed by atoms with Crippen molar-refractivity contribution in [3.8, 4) is 17.2 Å². The van der Waals surface area contributed by atoms with E-state index in [9.17, 15) is 5.11 Å². The molecule has 0 fully saturated rings. The summed E-state index contributed by atoms with van der Waals surface area (Å²) in [6.45, 7) is 7.94. The first-order valence-electron chi connectivity index (χ1n) is 4.81. The molecule has 0 saturated carbocycles. The zero-order valence-corrected chi connectivity index (χ0v) is 8.91. The highest BCUT2D eigenvalue weighted by molar-refractivity contribution is 5.54. The van der Waals surface area contributed by atoms with Crippen LogP contribution in [0.1, 0.15) is 19.4 Å². The zero-order chi connectivity index (χ0) is 11.1. The normalized spacial score (nSPS) is 14.0. The number of phenolic OH excluding ortho intramolecular Hbond substituents is 1. The molecule has 1 heterocycles. The first-order valence-corrected chi connectivity index (χ1v) is 4.81. The second-order valence-corrected chi connectivity index (χ2v) is 4.15. The Bertz CT molecular complexity index is 408. The van der Waals surface area contributed by atoms with Crippen LogP contribution in [0.15, 0.2) is 24.8 Å². The number of rotatable bonds is 2. The van der Waals surface area contributed by atoms with Gasteiger partial charge in [0.15, 0.2) is 11.5 Å². The quantitative estimate of drug-likeness (QED) is 0.756. The number of benzene rings is 1. The number of allylic oxidation sites excluding steroid dienone is 1. The lowest BCUT2D eigenvalue weighted by molar-refractivity contribution is 0.174. The van der Waals surface area contributed by atoms with Crippen LogP contribution < -0.4 is 9.47 Å². The van der Waals surface area contributed by atoms with Crippen molar-refractivity contribution in [1.29, 1.82) is 0 Å². The van der Waals surface area contributed by atoms with Gasteiger partial charge in [0.2, 0.25) is 6.79 Å². The monoisotopic (exact) mass is 206 g/mol. The smallest absolute Gasteiger partial charge is 0.231 e. The third-order valence-corrected chi connectivity index (χ3v) is 2.70. The lowest BCUT2D eigenvalue weighted by atomic mass is 9.84. The van der Waals surface area contributed by atoms with Gasteiger partial charge in [-0.05, 0) is 6.07 Å². The Hall–Kier alpha value is -1.64. The average Bonchev–Trinajstić information content (AvgIpc) is 2.63. The zero-order valence-electron chi connectivity index (χ0n) is 8.91. The maximum absolute atomic E-state index is 9.86. The van der Waals surface area contributed by atoms with Gasteiger partial charge in [0.25, 0.3) is 0 Å². The Morgan fingerprint density at radius 2 is 1.93 bits per heavy atom. The predicted octanol–water partition coefficient (Wildman–Crippen LogP) is 2.58. The lowest BCUT2D eigenvalue weighted by Gasteiger charge is -2.21. The molecule has 2 rings (SSSR count). The minimum Gasteiger partial charge on any atom is -0.507 e. The van der Waals surface area contributed by atoms with Crippen molar-refractivity contribution in [2.45, 2.75) is 19.3 Å². The van der Waals surface area contributed by atoms with Crippen molar-refractivity contribution in [2.24, 2.45) is 0 Å². The SMILES string of the molecule is C=CC(C)(C)c1cc2c(cc1O)OCO2. The fourth-order valence-electron chi connectivity index (χ4n) is 1.56. The molecule has 1 aliphatic rings. The molecule has 1 aromatic carbocycles. The van der Waals surface area contributed by atoms with Crippen LogP contribution in [0.4, 0.5) is 0 Å². The largest absolute Gasteiger partial charge is 0.507 e. The molecule has 3 heteroatoms. The van der Waals surface area contributed by atoms with E-state index in [-0.39, 0.29) is 18.0 Å². The number of ether oxygens (including phenoxy) is 2. The summed E-state index contributed by atoms with van der Waals surface area (Å²) in [4.78, 5) is 0. The fraction of sp³-hybridized carbons (Fsp3) is 0.333. The second-order valence-electron chi connectivity index (χ2n) is 4.15. The molecule has 0 spiro atoms. The maximum atomic E-state index is 9.86. The van der Waals surface area contributed by atoms with E-state index in [0.717, 1.165) is 5.56 Å². The van der Waals surface area contributed by atoms with Crippen molar-refractivity contribution in [2.75, 3.05) is 6.79 Å². The van der Waals surface area contributed by atoms with Crippen LogP contribution in [0.5, 0.6) is 17.2 Å². The van der Waals surface area contributed by atoms with Crippen LogP contribution in [0.3, 0.4) is 0 Å². The van der Waals surface area contributed by atoms with E-state index in [0.29, 0.717) is 11.5 Å². The lowest BCUT2D eigenvalue weighted by Crippen LogP contribution is -2.12. The second kappa shape index (κ2) is 3.19. The molecule has 1 N–H and O–H groups in total. The van der Waals surface area contributed by atoms with Crippen LogP contribution in [0.2, 0.25) is 0 Å². The highest BCUT2D eigenvalue weighted by Gasteiger charge is 2.25. The van der Waals surface area contributed by atoms with Gasteiger partial charge < -0.3 is 14.6 Å². The summed E-state index contributed by atoms with van der Waals surface area (Å²) in [6, 6.07) is 3.39. The first-order chi connectivity index (χ1) is 7.04. The topological polar surface area (TPSA) is 38.7 Å². The molecule has 80 valence electrons. The fourth-order valence-corrected chi connectivity index (χ4v) is 1.56. The molecular weight excluding hydrogens is 192 g/mol. The number of aromatic hydroxyl groups is 1. The Morgan fingerprint density at radius 1 is 1.33 bits per heavy atom. The standard InChI is InChI=1S/C12H14O3/c1-4-12(2,3)8-5-10-11(6-9(8)13)15-7-14-10/h4-6,13H,1,7H2,2-3H3. The third kappa shape index (κ3) is 1.54. The van der Waals surface area contributed by atoms with Crippen molar-refractivity contribution >= 4 is 0 Å². The van der Waals surface area contributed by atoms with Gasteiger partial charge in [-0.3, -0.25) is 0 Å². The van der Waals surface area contributed by atoms with Crippen LogP contribution in [-0.4, -0.2) is 11.9 Å². The summed E-state index contributed by atoms with van der Waals surface area (Å²) in [7, 11) is 0. The highest BCUT2D eigenvalue weighted by Crippen LogP contribution is 2.42. The molecule has 1 aliphatic heterocycles. The summed E-state index contributed by atoms with van der Waals surface area (Å²) in [5, 5.41) is 9.86. The van der Waals surface area contributed by atoms with E-state index in [1.54, 1.807) is 18.2 Å². The van der Waals surface area contributed by atoms with E-state index >= 15 is 0 Å². The molecule has 15 heavy (non-hydrogen) atoms. The molecule has 0 bridgehead atoms. The summed E-state index contributed by atoms with van der Waals surface area (Å²) in [5.41, 5.74) is 0.507. The van der Waals surface area contributed by atoms with E-state index in [2.05, 4.69) is 6.58 Å². The van der Waals surface area contributed by atoms with Gasteiger partial charge in [-0.15, -0.1) is 6.58 Å². The van der Waals surface area contributed by atoms with Crippen molar-refractivity contribution in [3.63, 3.8) is 0 Å². The number of hydrogen-bond donors (Lipinski definition) is 1. The molecule has 1 aromatic rings. The molecule has 0 aromatic heterocycles. The molecule has 0 radical (unpaired) electrons. The minimum atomic E-state index is -0.287. The molecule has 0 saturated heterocycles. The van der Waals surface area contributed by atoms with Gasteiger partial charge >= 0.3 is 0 Å². The number of fused-ring (bicyclic) bond motifs is 1. The van der Waals surface area contributed by atoms with Crippen molar-refractivity contribution in [3.05, 3.63) is 30.4 Å². The van der Waals surface area contributed by atoms with Gasteiger partial charge in [-0.1, -0.05) is 19.9 Å². The average molecular weight is 206 g/mol. The van der Waals surface area contributed by atoms with Crippen LogP contribution >= 0.6 is 0 Å². The van der Waals surface area contributed by atoms with Crippen molar-refractivity contribution < 1.29 is 14.6 Å². The number of hydrogen-bond acceptors (Lipinski definition) is 3. The van der Waals surface area contributed by atoms with E-state index < -0.39 is 0 Å². The van der Waals surface area contributed by atoms with Gasteiger partial charge in [0.1, 0.15) is 5.75 Å². The molecule has 0 unspecified atom stereocenters. The van der Waals surface area contributed by atoms with Crippen LogP contribution in [-0.2, 0) is 5.41 Å².